The lowest BCUT2D eigenvalue weighted by Gasteiger charge is -2.34. The van der Waals surface area contributed by atoms with Gasteiger partial charge in [-0.1, -0.05) is 37.6 Å². The maximum atomic E-state index is 9.38. The molecule has 1 aliphatic rings. The highest BCUT2D eigenvalue weighted by Crippen LogP contribution is 2.34. The first-order chi connectivity index (χ1) is 10.6. The normalized spacial score (nSPS) is 21.6. The molecular formula is C17H18ClN3O. The van der Waals surface area contributed by atoms with Gasteiger partial charge in [-0.05, 0) is 30.4 Å². The smallest absolute Gasteiger partial charge is 0.235 e. The second-order valence-corrected chi connectivity index (χ2v) is 6.52. The average Bonchev–Trinajstić information content (AvgIpc) is 2.91. The molecule has 0 unspecified atom stereocenters. The molecular weight excluding hydrogens is 298 g/mol. The number of oxazole rings is 1. The largest absolute Gasteiger partial charge is 0.419 e. The molecule has 2 heterocycles. The second-order valence-electron chi connectivity index (χ2n) is 6.12. The molecule has 0 spiro atoms. The maximum absolute atomic E-state index is 9.38. The molecule has 0 aliphatic carbocycles. The first-order valence-electron chi connectivity index (χ1n) is 7.49. The van der Waals surface area contributed by atoms with E-state index in [0.29, 0.717) is 39.9 Å². The molecule has 1 aromatic heterocycles. The van der Waals surface area contributed by atoms with E-state index in [1.54, 1.807) is 6.07 Å². The molecule has 2 aromatic rings. The zero-order valence-corrected chi connectivity index (χ0v) is 13.5. The topological polar surface area (TPSA) is 53.1 Å². The van der Waals surface area contributed by atoms with Gasteiger partial charge in [-0.2, -0.15) is 10.2 Å². The highest BCUT2D eigenvalue weighted by atomic mass is 35.5. The van der Waals surface area contributed by atoms with Crippen LogP contribution in [0.1, 0.15) is 26.0 Å². The summed E-state index contributed by atoms with van der Waals surface area (Å²) in [5, 5.41) is 9.95. The lowest BCUT2D eigenvalue weighted by Crippen LogP contribution is -2.38. The Balaban J connectivity index is 1.99. The van der Waals surface area contributed by atoms with Crippen LogP contribution >= 0.6 is 11.6 Å². The minimum Gasteiger partial charge on any atom is -0.419 e. The summed E-state index contributed by atoms with van der Waals surface area (Å²) in [6.07, 6.45) is 1.20. The summed E-state index contributed by atoms with van der Waals surface area (Å²) < 4.78 is 5.92. The van der Waals surface area contributed by atoms with Crippen LogP contribution in [-0.4, -0.2) is 18.1 Å². The van der Waals surface area contributed by atoms with Gasteiger partial charge in [0.25, 0.3) is 0 Å². The Bertz CT molecular complexity index is 709. The molecule has 22 heavy (non-hydrogen) atoms. The van der Waals surface area contributed by atoms with Crippen molar-refractivity contribution in [2.45, 2.75) is 20.3 Å². The molecule has 3 rings (SSSR count). The van der Waals surface area contributed by atoms with Crippen LogP contribution in [0.3, 0.4) is 0 Å². The van der Waals surface area contributed by atoms with Gasteiger partial charge in [0.2, 0.25) is 17.5 Å². The maximum Gasteiger partial charge on any atom is 0.235 e. The number of hydrogen-bond donors (Lipinski definition) is 0. The lowest BCUT2D eigenvalue weighted by atomic mass is 9.92. The summed E-state index contributed by atoms with van der Waals surface area (Å²) >= 11 is 6.20. The highest BCUT2D eigenvalue weighted by Gasteiger charge is 2.28. The van der Waals surface area contributed by atoms with Crippen molar-refractivity contribution in [2.24, 2.45) is 11.8 Å². The fourth-order valence-electron chi connectivity index (χ4n) is 3.18. The molecule has 1 fully saturated rings. The van der Waals surface area contributed by atoms with Crippen molar-refractivity contribution in [3.8, 4) is 17.5 Å². The molecule has 114 valence electrons. The second kappa shape index (κ2) is 6.02. The molecule has 5 heteroatoms. The van der Waals surface area contributed by atoms with E-state index in [1.165, 1.54) is 6.42 Å². The number of rotatable bonds is 2. The van der Waals surface area contributed by atoms with Crippen molar-refractivity contribution in [1.82, 2.24) is 4.98 Å². The van der Waals surface area contributed by atoms with Gasteiger partial charge >= 0.3 is 0 Å². The molecule has 0 N–H and O–H groups in total. The number of hydrogen-bond acceptors (Lipinski definition) is 4. The SMILES string of the molecule is C[C@H]1C[C@H](C)CN(c2oc(-c3ccccc3Cl)nc2C#N)C1. The molecule has 4 nitrogen and oxygen atoms in total. The van der Waals surface area contributed by atoms with Crippen molar-refractivity contribution in [2.75, 3.05) is 18.0 Å². The Morgan fingerprint density at radius 1 is 1.27 bits per heavy atom. The fourth-order valence-corrected chi connectivity index (χ4v) is 3.39. The van der Waals surface area contributed by atoms with E-state index in [4.69, 9.17) is 16.0 Å². The van der Waals surface area contributed by atoms with Crippen LogP contribution in [0.4, 0.5) is 5.88 Å². The molecule has 0 amide bonds. The molecule has 1 saturated heterocycles. The summed E-state index contributed by atoms with van der Waals surface area (Å²) in [5.74, 6) is 2.12. The number of nitrogens with zero attached hydrogens (tertiary/aromatic N) is 3. The van der Waals surface area contributed by atoms with Crippen molar-refractivity contribution in [1.29, 1.82) is 5.26 Å². The minimum atomic E-state index is 0.330. The first-order valence-corrected chi connectivity index (χ1v) is 7.87. The number of piperidine rings is 1. The van der Waals surface area contributed by atoms with Gasteiger partial charge in [0.05, 0.1) is 10.6 Å². The van der Waals surface area contributed by atoms with Gasteiger partial charge in [-0.15, -0.1) is 0 Å². The third kappa shape index (κ3) is 2.82. The number of benzene rings is 1. The van der Waals surface area contributed by atoms with E-state index in [-0.39, 0.29) is 0 Å². The molecule has 0 saturated carbocycles. The van der Waals surface area contributed by atoms with Crippen LogP contribution in [0.15, 0.2) is 28.7 Å². The van der Waals surface area contributed by atoms with Gasteiger partial charge in [0.15, 0.2) is 0 Å². The Morgan fingerprint density at radius 2 is 1.95 bits per heavy atom. The van der Waals surface area contributed by atoms with Gasteiger partial charge in [0, 0.05) is 13.1 Å². The van der Waals surface area contributed by atoms with Gasteiger partial charge in [-0.25, -0.2) is 0 Å². The predicted octanol–water partition coefficient (Wildman–Crippen LogP) is 4.35. The van der Waals surface area contributed by atoms with E-state index in [9.17, 15) is 5.26 Å². The molecule has 0 radical (unpaired) electrons. The molecule has 1 aromatic carbocycles. The monoisotopic (exact) mass is 315 g/mol. The number of halogens is 1. The Morgan fingerprint density at radius 3 is 2.59 bits per heavy atom. The summed E-state index contributed by atoms with van der Waals surface area (Å²) in [5.41, 5.74) is 1.04. The Labute approximate surface area is 135 Å². The van der Waals surface area contributed by atoms with Crippen LogP contribution in [0.25, 0.3) is 11.5 Å². The van der Waals surface area contributed by atoms with Crippen molar-refractivity contribution < 1.29 is 4.42 Å². The van der Waals surface area contributed by atoms with Crippen molar-refractivity contribution in [3.63, 3.8) is 0 Å². The van der Waals surface area contributed by atoms with E-state index < -0.39 is 0 Å². The van der Waals surface area contributed by atoms with E-state index in [2.05, 4.69) is 29.8 Å². The van der Waals surface area contributed by atoms with Gasteiger partial charge < -0.3 is 9.32 Å². The lowest BCUT2D eigenvalue weighted by molar-refractivity contribution is 0.344. The number of anilines is 1. The molecule has 0 bridgehead atoms. The van der Waals surface area contributed by atoms with Crippen LogP contribution in [0.2, 0.25) is 5.02 Å². The summed E-state index contributed by atoms with van der Waals surface area (Å²) in [6.45, 7) is 6.21. The number of nitriles is 1. The Hall–Kier alpha value is -1.99. The third-order valence-electron chi connectivity index (χ3n) is 3.98. The fraction of sp³-hybridized carbons (Fsp3) is 0.412. The van der Waals surface area contributed by atoms with Crippen LogP contribution in [0, 0.1) is 23.2 Å². The summed E-state index contributed by atoms with van der Waals surface area (Å²) in [6, 6.07) is 9.51. The predicted molar refractivity (Wildman–Crippen MR) is 86.8 cm³/mol. The first kappa shape index (κ1) is 14.9. The van der Waals surface area contributed by atoms with E-state index >= 15 is 0 Å². The highest BCUT2D eigenvalue weighted by molar-refractivity contribution is 6.33. The third-order valence-corrected chi connectivity index (χ3v) is 4.31. The van der Waals surface area contributed by atoms with Crippen LogP contribution in [0.5, 0.6) is 0 Å². The average molecular weight is 316 g/mol. The number of aromatic nitrogens is 1. The quantitative estimate of drug-likeness (QED) is 0.826. The van der Waals surface area contributed by atoms with Gasteiger partial charge in [0.1, 0.15) is 6.07 Å². The summed E-state index contributed by atoms with van der Waals surface area (Å²) in [4.78, 5) is 6.46. The van der Waals surface area contributed by atoms with Crippen molar-refractivity contribution >= 4 is 17.5 Å². The van der Waals surface area contributed by atoms with Crippen LogP contribution in [-0.2, 0) is 0 Å². The van der Waals surface area contributed by atoms with Crippen LogP contribution < -0.4 is 4.90 Å². The zero-order chi connectivity index (χ0) is 15.7. The van der Waals surface area contributed by atoms with Gasteiger partial charge in [-0.3, -0.25) is 0 Å². The standard InChI is InChI=1S/C17H18ClN3O/c1-11-7-12(2)10-21(9-11)17-15(8-19)20-16(22-17)13-5-3-4-6-14(13)18/h3-6,11-12H,7,9-10H2,1-2H3/t11-,12-/m0/s1. The zero-order valence-electron chi connectivity index (χ0n) is 12.7. The van der Waals surface area contributed by atoms with Crippen molar-refractivity contribution in [3.05, 3.63) is 35.0 Å². The minimum absolute atomic E-state index is 0.330. The summed E-state index contributed by atoms with van der Waals surface area (Å²) in [7, 11) is 0. The Kier molecular flexibility index (Phi) is 4.08. The molecule has 1 aliphatic heterocycles. The van der Waals surface area contributed by atoms with E-state index in [0.717, 1.165) is 13.1 Å². The van der Waals surface area contributed by atoms with E-state index in [1.807, 2.05) is 18.2 Å². The molecule has 2 atom stereocenters.